The second-order valence-electron chi connectivity index (χ2n) is 3.35. The van der Waals surface area contributed by atoms with Crippen LogP contribution in [0.5, 0.6) is 0 Å². The van der Waals surface area contributed by atoms with Gasteiger partial charge in [0, 0.05) is 16.8 Å². The number of nitrogens with zero attached hydrogens (tertiary/aromatic N) is 1. The van der Waals surface area contributed by atoms with Crippen LogP contribution >= 0.6 is 11.6 Å². The Kier molecular flexibility index (Phi) is 2.93. The maximum atomic E-state index is 11.4. The summed E-state index contributed by atoms with van der Waals surface area (Å²) in [6.07, 6.45) is 0. The van der Waals surface area contributed by atoms with Gasteiger partial charge in [-0.2, -0.15) is 0 Å². The smallest absolute Gasteiger partial charge is 0.316 e. The van der Waals surface area contributed by atoms with Crippen LogP contribution in [0.15, 0.2) is 41.2 Å². The number of nitro groups is 1. The van der Waals surface area contributed by atoms with Crippen molar-refractivity contribution in [1.29, 1.82) is 0 Å². The molecule has 0 atom stereocenters. The minimum atomic E-state index is -0.720. The molecule has 0 spiro atoms. The topological polar surface area (TPSA) is 76.0 Å². The van der Waals surface area contributed by atoms with Crippen molar-refractivity contribution < 1.29 is 4.92 Å². The number of halogens is 1. The van der Waals surface area contributed by atoms with Crippen molar-refractivity contribution in [1.82, 2.24) is 4.98 Å². The largest absolute Gasteiger partial charge is 0.333 e. The van der Waals surface area contributed by atoms with Crippen LogP contribution in [0.4, 0.5) is 5.69 Å². The zero-order valence-electron chi connectivity index (χ0n) is 8.51. The molecular formula is C11H7ClN2O3. The fourth-order valence-corrected chi connectivity index (χ4v) is 1.53. The summed E-state index contributed by atoms with van der Waals surface area (Å²) in [5.41, 5.74) is 0.0591. The van der Waals surface area contributed by atoms with Crippen molar-refractivity contribution >= 4 is 17.3 Å². The minimum Gasteiger partial charge on any atom is -0.316 e. The summed E-state index contributed by atoms with van der Waals surface area (Å²) in [5.74, 6) is 0. The van der Waals surface area contributed by atoms with Crippen molar-refractivity contribution in [3.8, 4) is 11.3 Å². The molecule has 1 aromatic carbocycles. The maximum Gasteiger partial charge on any atom is 0.333 e. The van der Waals surface area contributed by atoms with E-state index in [1.165, 1.54) is 12.1 Å². The summed E-state index contributed by atoms with van der Waals surface area (Å²) >= 11 is 5.74. The molecule has 86 valence electrons. The Labute approximate surface area is 101 Å². The molecule has 0 aliphatic heterocycles. The van der Waals surface area contributed by atoms with E-state index in [2.05, 4.69) is 4.98 Å². The summed E-state index contributed by atoms with van der Waals surface area (Å²) < 4.78 is 0. The standard InChI is InChI=1S/C11H7ClN2O3/c12-8-3-1-7(2-4-8)9-5-6-10(14(16)17)11(15)13-9/h1-6H,(H,13,15). The lowest BCUT2D eigenvalue weighted by atomic mass is 10.1. The van der Waals surface area contributed by atoms with E-state index in [4.69, 9.17) is 11.6 Å². The lowest BCUT2D eigenvalue weighted by Gasteiger charge is -2.01. The number of H-pyrrole nitrogens is 1. The Morgan fingerprint density at radius 1 is 1.12 bits per heavy atom. The summed E-state index contributed by atoms with van der Waals surface area (Å²) in [7, 11) is 0. The Morgan fingerprint density at radius 2 is 1.76 bits per heavy atom. The summed E-state index contributed by atoms with van der Waals surface area (Å²) in [6.45, 7) is 0. The third-order valence-electron chi connectivity index (χ3n) is 2.24. The van der Waals surface area contributed by atoms with E-state index < -0.39 is 16.2 Å². The molecule has 5 nitrogen and oxygen atoms in total. The molecule has 1 heterocycles. The minimum absolute atomic E-state index is 0.470. The van der Waals surface area contributed by atoms with Gasteiger partial charge >= 0.3 is 11.2 Å². The van der Waals surface area contributed by atoms with E-state index in [1.807, 2.05) is 0 Å². The molecule has 0 unspecified atom stereocenters. The van der Waals surface area contributed by atoms with E-state index in [9.17, 15) is 14.9 Å². The predicted molar refractivity (Wildman–Crippen MR) is 64.2 cm³/mol. The quantitative estimate of drug-likeness (QED) is 0.657. The Hall–Kier alpha value is -2.14. The average Bonchev–Trinajstić information content (AvgIpc) is 2.29. The third-order valence-corrected chi connectivity index (χ3v) is 2.49. The van der Waals surface area contributed by atoms with Crippen LogP contribution in [0, 0.1) is 10.1 Å². The first-order valence-electron chi connectivity index (χ1n) is 4.71. The molecule has 0 bridgehead atoms. The second-order valence-corrected chi connectivity index (χ2v) is 3.79. The molecule has 2 aromatic rings. The molecule has 0 fully saturated rings. The van der Waals surface area contributed by atoms with Crippen LogP contribution < -0.4 is 5.56 Å². The van der Waals surface area contributed by atoms with Crippen LogP contribution in [-0.2, 0) is 0 Å². The van der Waals surface area contributed by atoms with Crippen molar-refractivity contribution in [2.24, 2.45) is 0 Å². The van der Waals surface area contributed by atoms with E-state index in [-0.39, 0.29) is 0 Å². The Bertz CT molecular complexity index is 619. The Balaban J connectivity index is 2.48. The van der Waals surface area contributed by atoms with Gasteiger partial charge < -0.3 is 4.98 Å². The molecule has 0 aliphatic rings. The van der Waals surface area contributed by atoms with Gasteiger partial charge in [-0.1, -0.05) is 23.7 Å². The average molecular weight is 251 g/mol. The number of nitrogens with one attached hydrogen (secondary N) is 1. The molecule has 1 aromatic heterocycles. The van der Waals surface area contributed by atoms with Crippen molar-refractivity contribution in [3.63, 3.8) is 0 Å². The molecule has 0 saturated carbocycles. The number of aromatic amines is 1. The zero-order chi connectivity index (χ0) is 12.4. The van der Waals surface area contributed by atoms with Crippen LogP contribution in [0.25, 0.3) is 11.3 Å². The summed E-state index contributed by atoms with van der Waals surface area (Å²) in [5, 5.41) is 11.1. The highest BCUT2D eigenvalue weighted by atomic mass is 35.5. The van der Waals surface area contributed by atoms with Crippen LogP contribution in [0.1, 0.15) is 0 Å². The van der Waals surface area contributed by atoms with Crippen LogP contribution in [0.2, 0.25) is 5.02 Å². The third kappa shape index (κ3) is 2.34. The molecular weight excluding hydrogens is 244 g/mol. The number of benzene rings is 1. The molecule has 17 heavy (non-hydrogen) atoms. The predicted octanol–water partition coefficient (Wildman–Crippen LogP) is 2.60. The van der Waals surface area contributed by atoms with Crippen molar-refractivity contribution in [2.45, 2.75) is 0 Å². The molecule has 2 rings (SSSR count). The van der Waals surface area contributed by atoms with Gasteiger partial charge in [0.1, 0.15) is 0 Å². The molecule has 0 aliphatic carbocycles. The van der Waals surface area contributed by atoms with Gasteiger partial charge in [0.05, 0.1) is 4.92 Å². The lowest BCUT2D eigenvalue weighted by Crippen LogP contribution is -2.11. The van der Waals surface area contributed by atoms with Gasteiger partial charge in [-0.25, -0.2) is 0 Å². The number of pyridine rings is 1. The van der Waals surface area contributed by atoms with Gasteiger partial charge in [0.25, 0.3) is 0 Å². The van der Waals surface area contributed by atoms with Crippen LogP contribution in [-0.4, -0.2) is 9.91 Å². The van der Waals surface area contributed by atoms with Gasteiger partial charge in [0.2, 0.25) is 0 Å². The highest BCUT2D eigenvalue weighted by molar-refractivity contribution is 6.30. The molecule has 0 saturated heterocycles. The SMILES string of the molecule is O=c1[nH]c(-c2ccc(Cl)cc2)ccc1[N+](=O)[O-]. The van der Waals surface area contributed by atoms with Crippen molar-refractivity contribution in [2.75, 3.05) is 0 Å². The fraction of sp³-hybridized carbons (Fsp3) is 0. The second kappa shape index (κ2) is 4.39. The monoisotopic (exact) mass is 250 g/mol. The first-order valence-corrected chi connectivity index (χ1v) is 5.09. The Morgan fingerprint density at radius 3 is 2.29 bits per heavy atom. The molecule has 0 amide bonds. The maximum absolute atomic E-state index is 11.4. The van der Waals surface area contributed by atoms with E-state index in [0.29, 0.717) is 10.7 Å². The highest BCUT2D eigenvalue weighted by Crippen LogP contribution is 2.19. The van der Waals surface area contributed by atoms with Gasteiger partial charge in [0.15, 0.2) is 0 Å². The van der Waals surface area contributed by atoms with Gasteiger partial charge in [-0.3, -0.25) is 14.9 Å². The summed E-state index contributed by atoms with van der Waals surface area (Å²) in [4.78, 5) is 23.6. The number of hydrogen-bond acceptors (Lipinski definition) is 3. The summed E-state index contributed by atoms with van der Waals surface area (Å²) in [6, 6.07) is 9.47. The van der Waals surface area contributed by atoms with Crippen molar-refractivity contribution in [3.05, 3.63) is 61.9 Å². The van der Waals surface area contributed by atoms with E-state index in [1.54, 1.807) is 24.3 Å². The lowest BCUT2D eigenvalue weighted by molar-refractivity contribution is -0.386. The molecule has 1 N–H and O–H groups in total. The number of rotatable bonds is 2. The molecule has 6 heteroatoms. The first-order chi connectivity index (χ1) is 8.08. The first kappa shape index (κ1) is 11.3. The van der Waals surface area contributed by atoms with Crippen LogP contribution in [0.3, 0.4) is 0 Å². The zero-order valence-corrected chi connectivity index (χ0v) is 9.27. The number of hydrogen-bond donors (Lipinski definition) is 1. The van der Waals surface area contributed by atoms with Gasteiger partial charge in [-0.05, 0) is 23.8 Å². The van der Waals surface area contributed by atoms with Gasteiger partial charge in [-0.15, -0.1) is 0 Å². The number of aromatic nitrogens is 1. The highest BCUT2D eigenvalue weighted by Gasteiger charge is 2.12. The fourth-order valence-electron chi connectivity index (χ4n) is 1.41. The van der Waals surface area contributed by atoms with E-state index >= 15 is 0 Å². The molecule has 0 radical (unpaired) electrons. The van der Waals surface area contributed by atoms with E-state index in [0.717, 1.165) is 5.56 Å². The normalized spacial score (nSPS) is 10.2.